The molecule has 27 heavy (non-hydrogen) atoms. The number of carbonyl (C=O) groups is 1. The van der Waals surface area contributed by atoms with E-state index in [9.17, 15) is 9.90 Å². The highest BCUT2D eigenvalue weighted by molar-refractivity contribution is 5.82. The van der Waals surface area contributed by atoms with Gasteiger partial charge in [0.15, 0.2) is 0 Å². The summed E-state index contributed by atoms with van der Waals surface area (Å²) >= 11 is 0. The van der Waals surface area contributed by atoms with Crippen LogP contribution in [0.1, 0.15) is 40.4 Å². The molecule has 1 saturated heterocycles. The van der Waals surface area contributed by atoms with Gasteiger partial charge in [0.25, 0.3) is 0 Å². The first kappa shape index (κ1) is 17.9. The molecule has 2 atom stereocenters. The third kappa shape index (κ3) is 3.66. The molecule has 7 heteroatoms. The Kier molecular flexibility index (Phi) is 5.07. The van der Waals surface area contributed by atoms with Gasteiger partial charge in [-0.2, -0.15) is 0 Å². The Labute approximate surface area is 158 Å². The summed E-state index contributed by atoms with van der Waals surface area (Å²) in [5, 5.41) is 16.4. The Morgan fingerprint density at radius 3 is 3.04 bits per heavy atom. The van der Waals surface area contributed by atoms with Crippen molar-refractivity contribution in [1.29, 1.82) is 0 Å². The highest BCUT2D eigenvalue weighted by Crippen LogP contribution is 2.29. The lowest BCUT2D eigenvalue weighted by Crippen LogP contribution is -2.43. The van der Waals surface area contributed by atoms with Gasteiger partial charge in [-0.25, -0.2) is 10.9 Å². The number of fused-ring (bicyclic) bond motifs is 1. The van der Waals surface area contributed by atoms with Gasteiger partial charge < -0.3 is 15.7 Å². The van der Waals surface area contributed by atoms with E-state index in [2.05, 4.69) is 26.5 Å². The van der Waals surface area contributed by atoms with E-state index in [4.69, 9.17) is 0 Å². The maximum absolute atomic E-state index is 12.7. The van der Waals surface area contributed by atoms with E-state index in [0.717, 1.165) is 36.3 Å². The van der Waals surface area contributed by atoms with E-state index in [1.165, 1.54) is 11.1 Å². The van der Waals surface area contributed by atoms with Crippen molar-refractivity contribution in [2.75, 3.05) is 6.54 Å². The molecule has 0 spiro atoms. The smallest absolute Gasteiger partial charge is 0.238 e. The number of aromatic nitrogens is 1. The Morgan fingerprint density at radius 2 is 2.19 bits per heavy atom. The average Bonchev–Trinajstić information content (AvgIpc) is 3.17. The van der Waals surface area contributed by atoms with Crippen LogP contribution < -0.4 is 21.5 Å². The molecule has 3 heterocycles. The Balaban J connectivity index is 1.40. The first-order valence-electron chi connectivity index (χ1n) is 9.37. The molecule has 0 saturated carbocycles. The van der Waals surface area contributed by atoms with Crippen molar-refractivity contribution in [1.82, 2.24) is 26.5 Å². The summed E-state index contributed by atoms with van der Waals surface area (Å²) in [6.07, 6.45) is 3.47. The Hall–Kier alpha value is -2.48. The minimum atomic E-state index is -0.343. The van der Waals surface area contributed by atoms with Crippen LogP contribution >= 0.6 is 0 Å². The number of aromatic hydroxyl groups is 1. The zero-order valence-electron chi connectivity index (χ0n) is 15.4. The molecule has 0 bridgehead atoms. The minimum absolute atomic E-state index is 0.0497. The largest absolute Gasteiger partial charge is 0.508 e. The predicted molar refractivity (Wildman–Crippen MR) is 102 cm³/mol. The Bertz CT molecular complexity index is 854. The van der Waals surface area contributed by atoms with Gasteiger partial charge in [0.2, 0.25) is 5.91 Å². The highest BCUT2D eigenvalue weighted by Gasteiger charge is 2.31. The number of hydrazine groups is 1. The molecule has 2 unspecified atom stereocenters. The second-order valence-corrected chi connectivity index (χ2v) is 7.16. The molecule has 0 radical (unpaired) electrons. The van der Waals surface area contributed by atoms with Crippen LogP contribution in [0.15, 0.2) is 30.5 Å². The number of phenolic OH excluding ortho intramolecular Hbond substituents is 1. The number of para-hydroxylation sites is 1. The standard InChI is InChI=1S/C20H25N5O2/c1-12-16(14-6-7-21-9-13(14)10-22-12)11-23-20(27)18-8-17(24-25-18)15-4-2-3-5-19(15)26/h2-5,10,17-18,21,24-26H,6-9,11H2,1H3,(H,23,27). The normalized spacial score (nSPS) is 21.7. The quantitative estimate of drug-likeness (QED) is 0.552. The van der Waals surface area contributed by atoms with Crippen LogP contribution in [-0.2, 0) is 24.3 Å². The number of nitrogens with zero attached hydrogens (tertiary/aromatic N) is 1. The van der Waals surface area contributed by atoms with Crippen LogP contribution in [0.3, 0.4) is 0 Å². The van der Waals surface area contributed by atoms with E-state index in [0.29, 0.717) is 13.0 Å². The molecule has 2 aliphatic rings. The van der Waals surface area contributed by atoms with E-state index < -0.39 is 0 Å². The summed E-state index contributed by atoms with van der Waals surface area (Å²) in [4.78, 5) is 17.1. The maximum Gasteiger partial charge on any atom is 0.238 e. The van der Waals surface area contributed by atoms with Gasteiger partial charge in [0.05, 0.1) is 6.04 Å². The van der Waals surface area contributed by atoms with Crippen molar-refractivity contribution in [3.63, 3.8) is 0 Å². The molecule has 1 amide bonds. The van der Waals surface area contributed by atoms with Gasteiger partial charge in [-0.05, 0) is 49.1 Å². The zero-order valence-corrected chi connectivity index (χ0v) is 15.4. The first-order valence-corrected chi connectivity index (χ1v) is 9.37. The molecule has 7 nitrogen and oxygen atoms in total. The monoisotopic (exact) mass is 367 g/mol. The molecule has 1 fully saturated rings. The minimum Gasteiger partial charge on any atom is -0.508 e. The zero-order chi connectivity index (χ0) is 18.8. The van der Waals surface area contributed by atoms with Gasteiger partial charge in [0, 0.05) is 30.5 Å². The van der Waals surface area contributed by atoms with Gasteiger partial charge >= 0.3 is 0 Å². The van der Waals surface area contributed by atoms with Crippen molar-refractivity contribution >= 4 is 5.91 Å². The number of phenols is 1. The van der Waals surface area contributed by atoms with Crippen molar-refractivity contribution in [3.05, 3.63) is 58.4 Å². The van der Waals surface area contributed by atoms with E-state index in [1.807, 2.05) is 25.3 Å². The maximum atomic E-state index is 12.7. The van der Waals surface area contributed by atoms with E-state index in [1.54, 1.807) is 12.1 Å². The van der Waals surface area contributed by atoms with Crippen LogP contribution in [0.25, 0.3) is 0 Å². The number of benzene rings is 1. The molecule has 142 valence electrons. The fraction of sp³-hybridized carbons (Fsp3) is 0.400. The fourth-order valence-electron chi connectivity index (χ4n) is 3.89. The summed E-state index contributed by atoms with van der Waals surface area (Å²) in [5.41, 5.74) is 11.6. The lowest BCUT2D eigenvalue weighted by atomic mass is 9.96. The second-order valence-electron chi connectivity index (χ2n) is 7.16. The van der Waals surface area contributed by atoms with Crippen LogP contribution in [0, 0.1) is 6.92 Å². The highest BCUT2D eigenvalue weighted by atomic mass is 16.3. The summed E-state index contributed by atoms with van der Waals surface area (Å²) in [5.74, 6) is 0.190. The van der Waals surface area contributed by atoms with Gasteiger partial charge in [-0.1, -0.05) is 18.2 Å². The number of hydrogen-bond acceptors (Lipinski definition) is 6. The molecule has 2 aliphatic heterocycles. The summed E-state index contributed by atoms with van der Waals surface area (Å²) in [7, 11) is 0. The number of amides is 1. The molecule has 2 aromatic rings. The number of nitrogens with one attached hydrogen (secondary N) is 4. The summed E-state index contributed by atoms with van der Waals surface area (Å²) in [6, 6.07) is 6.76. The van der Waals surface area contributed by atoms with Crippen LogP contribution in [0.4, 0.5) is 0 Å². The number of pyridine rings is 1. The number of hydrogen-bond donors (Lipinski definition) is 5. The number of carbonyl (C=O) groups excluding carboxylic acids is 1. The number of aryl methyl sites for hydroxylation is 1. The molecular weight excluding hydrogens is 342 g/mol. The Morgan fingerprint density at radius 1 is 1.33 bits per heavy atom. The molecular formula is C20H25N5O2. The SMILES string of the molecule is Cc1ncc2c(c1CNC(=O)C1CC(c3ccccc3O)NN1)CCNC2. The summed E-state index contributed by atoms with van der Waals surface area (Å²) < 4.78 is 0. The summed E-state index contributed by atoms with van der Waals surface area (Å²) in [6.45, 7) is 4.27. The lowest BCUT2D eigenvalue weighted by Gasteiger charge is -2.22. The molecule has 5 N–H and O–H groups in total. The van der Waals surface area contributed by atoms with Crippen LogP contribution in [0.2, 0.25) is 0 Å². The van der Waals surface area contributed by atoms with E-state index >= 15 is 0 Å². The molecule has 1 aromatic carbocycles. The van der Waals surface area contributed by atoms with Crippen molar-refractivity contribution in [2.24, 2.45) is 0 Å². The van der Waals surface area contributed by atoms with Gasteiger partial charge in [0.1, 0.15) is 11.8 Å². The van der Waals surface area contributed by atoms with Gasteiger partial charge in [-0.3, -0.25) is 9.78 Å². The average molecular weight is 367 g/mol. The second kappa shape index (κ2) is 7.64. The third-order valence-electron chi connectivity index (χ3n) is 5.44. The first-order chi connectivity index (χ1) is 13.1. The number of rotatable bonds is 4. The fourth-order valence-corrected chi connectivity index (χ4v) is 3.89. The van der Waals surface area contributed by atoms with Crippen molar-refractivity contribution in [2.45, 2.75) is 44.9 Å². The third-order valence-corrected chi connectivity index (χ3v) is 5.44. The van der Waals surface area contributed by atoms with Crippen molar-refractivity contribution < 1.29 is 9.90 Å². The van der Waals surface area contributed by atoms with Gasteiger partial charge in [-0.15, -0.1) is 0 Å². The van der Waals surface area contributed by atoms with Crippen LogP contribution in [0.5, 0.6) is 5.75 Å². The van der Waals surface area contributed by atoms with E-state index in [-0.39, 0.29) is 23.7 Å². The van der Waals surface area contributed by atoms with Crippen molar-refractivity contribution in [3.8, 4) is 5.75 Å². The predicted octanol–water partition coefficient (Wildman–Crippen LogP) is 0.965. The topological polar surface area (TPSA) is 98.3 Å². The molecule has 4 rings (SSSR count). The molecule has 1 aromatic heterocycles. The molecule has 0 aliphatic carbocycles. The lowest BCUT2D eigenvalue weighted by molar-refractivity contribution is -0.123. The van der Waals surface area contributed by atoms with Crippen LogP contribution in [-0.4, -0.2) is 28.6 Å².